The Morgan fingerprint density at radius 2 is 2.18 bits per heavy atom. The molecule has 1 unspecified atom stereocenters. The Hall–Kier alpha value is -2.39. The molecule has 2 aliphatic rings. The van der Waals surface area contributed by atoms with Crippen molar-refractivity contribution < 1.29 is 13.2 Å². The number of nitrogens with one attached hydrogen (secondary N) is 1. The minimum absolute atomic E-state index is 0.122. The molecule has 3 N–H and O–H groups in total. The third-order valence-electron chi connectivity index (χ3n) is 5.68. The Balaban J connectivity index is 1.73. The monoisotopic (exact) mass is 403 g/mol. The van der Waals surface area contributed by atoms with Crippen molar-refractivity contribution in [3.8, 4) is 0 Å². The van der Waals surface area contributed by atoms with Gasteiger partial charge in [-0.1, -0.05) is 19.1 Å². The molecule has 0 radical (unpaired) electrons. The highest BCUT2D eigenvalue weighted by Crippen LogP contribution is 2.35. The number of aryl methyl sites for hydroxylation is 1. The maximum atomic E-state index is 13.5. The van der Waals surface area contributed by atoms with E-state index in [0.717, 1.165) is 23.2 Å². The molecule has 1 aromatic carbocycles. The molecule has 150 valence electrons. The topological polar surface area (TPSA) is 110 Å². The molecule has 1 atom stereocenters. The van der Waals surface area contributed by atoms with Crippen LogP contribution in [0.5, 0.6) is 0 Å². The Labute approximate surface area is 164 Å². The van der Waals surface area contributed by atoms with Gasteiger partial charge >= 0.3 is 0 Å². The molecule has 0 aliphatic carbocycles. The number of rotatable bonds is 3. The Bertz CT molecular complexity index is 1040. The lowest BCUT2D eigenvalue weighted by atomic mass is 9.88. The summed E-state index contributed by atoms with van der Waals surface area (Å²) < 4.78 is 26.7. The van der Waals surface area contributed by atoms with Gasteiger partial charge in [-0.2, -0.15) is 4.31 Å². The second-order valence-corrected chi connectivity index (χ2v) is 9.43. The number of carbonyl (C=O) groups is 1. The first-order valence-corrected chi connectivity index (χ1v) is 11.4. The van der Waals surface area contributed by atoms with Crippen LogP contribution in [0.15, 0.2) is 18.2 Å². The van der Waals surface area contributed by atoms with Gasteiger partial charge < -0.3 is 11.1 Å². The van der Waals surface area contributed by atoms with Crippen LogP contribution in [0.25, 0.3) is 0 Å². The van der Waals surface area contributed by atoms with Crippen molar-refractivity contribution in [1.29, 1.82) is 0 Å². The smallest absolute Gasteiger partial charge is 0.254 e. The van der Waals surface area contributed by atoms with E-state index in [9.17, 15) is 13.2 Å². The van der Waals surface area contributed by atoms with E-state index >= 15 is 0 Å². The summed E-state index contributed by atoms with van der Waals surface area (Å²) in [5.74, 6) is -0.174. The predicted octanol–water partition coefficient (Wildman–Crippen LogP) is 1.58. The molecule has 9 heteroatoms. The molecule has 28 heavy (non-hydrogen) atoms. The summed E-state index contributed by atoms with van der Waals surface area (Å²) in [5.41, 5.74) is 10.5. The zero-order valence-corrected chi connectivity index (χ0v) is 16.9. The highest BCUT2D eigenvalue weighted by Gasteiger charge is 2.34. The van der Waals surface area contributed by atoms with E-state index in [0.29, 0.717) is 37.4 Å². The minimum Gasteiger partial charge on any atom is -0.385 e. The molecule has 2 aliphatic heterocycles. The SMILES string of the molecule is CCc1ccc2c(c1)C(C(=O)n1nc(N)c3c1CN(S(C)(=O)=O)CC3)CCN2. The van der Waals surface area contributed by atoms with Crippen molar-refractivity contribution in [1.82, 2.24) is 14.1 Å². The third-order valence-corrected chi connectivity index (χ3v) is 6.93. The van der Waals surface area contributed by atoms with Gasteiger partial charge in [0.15, 0.2) is 0 Å². The highest BCUT2D eigenvalue weighted by molar-refractivity contribution is 7.88. The van der Waals surface area contributed by atoms with Gasteiger partial charge in [-0.3, -0.25) is 4.79 Å². The number of aromatic nitrogens is 2. The highest BCUT2D eigenvalue weighted by atomic mass is 32.2. The molecule has 0 amide bonds. The summed E-state index contributed by atoms with van der Waals surface area (Å²) in [6.07, 6.45) is 3.19. The van der Waals surface area contributed by atoms with Gasteiger partial charge in [-0.15, -0.1) is 5.10 Å². The number of hydrogen-bond donors (Lipinski definition) is 2. The van der Waals surface area contributed by atoms with Crippen LogP contribution in [-0.4, -0.2) is 47.8 Å². The maximum absolute atomic E-state index is 13.5. The lowest BCUT2D eigenvalue weighted by Gasteiger charge is -2.28. The second kappa shape index (κ2) is 6.89. The molecule has 0 bridgehead atoms. The van der Waals surface area contributed by atoms with E-state index < -0.39 is 10.0 Å². The van der Waals surface area contributed by atoms with E-state index in [2.05, 4.69) is 29.5 Å². The zero-order chi connectivity index (χ0) is 20.1. The zero-order valence-electron chi connectivity index (χ0n) is 16.1. The quantitative estimate of drug-likeness (QED) is 0.805. The van der Waals surface area contributed by atoms with E-state index in [1.165, 1.54) is 20.8 Å². The molecule has 8 nitrogen and oxygen atoms in total. The first kappa shape index (κ1) is 18.9. The van der Waals surface area contributed by atoms with E-state index in [1.807, 2.05) is 6.07 Å². The first-order chi connectivity index (χ1) is 13.3. The van der Waals surface area contributed by atoms with Crippen LogP contribution in [-0.2, 0) is 29.4 Å². The molecule has 0 fully saturated rings. The Morgan fingerprint density at radius 1 is 1.39 bits per heavy atom. The molecular formula is C19H25N5O3S. The number of fused-ring (bicyclic) bond motifs is 2. The molecule has 0 saturated carbocycles. The fourth-order valence-corrected chi connectivity index (χ4v) is 4.86. The molecule has 2 aromatic rings. The lowest BCUT2D eigenvalue weighted by Crippen LogP contribution is -2.37. The number of anilines is 2. The van der Waals surface area contributed by atoms with Crippen LogP contribution in [0, 0.1) is 0 Å². The van der Waals surface area contributed by atoms with Crippen molar-refractivity contribution in [2.24, 2.45) is 0 Å². The number of nitrogens with zero attached hydrogens (tertiary/aromatic N) is 3. The van der Waals surface area contributed by atoms with Crippen LogP contribution in [0.1, 0.15) is 46.4 Å². The molecule has 3 heterocycles. The fourth-order valence-electron chi connectivity index (χ4n) is 4.08. The lowest BCUT2D eigenvalue weighted by molar-refractivity contribution is 0.0850. The maximum Gasteiger partial charge on any atom is 0.254 e. The van der Waals surface area contributed by atoms with Gasteiger partial charge in [0.1, 0.15) is 5.82 Å². The number of carbonyl (C=O) groups excluding carboxylic acids is 1. The van der Waals surface area contributed by atoms with E-state index in [-0.39, 0.29) is 18.4 Å². The summed E-state index contributed by atoms with van der Waals surface area (Å²) in [7, 11) is -3.35. The predicted molar refractivity (Wildman–Crippen MR) is 108 cm³/mol. The second-order valence-electron chi connectivity index (χ2n) is 7.45. The van der Waals surface area contributed by atoms with Gasteiger partial charge in [0.2, 0.25) is 10.0 Å². The third kappa shape index (κ3) is 3.18. The minimum atomic E-state index is -3.35. The summed E-state index contributed by atoms with van der Waals surface area (Å²) in [4.78, 5) is 13.5. The van der Waals surface area contributed by atoms with Crippen LogP contribution < -0.4 is 11.1 Å². The van der Waals surface area contributed by atoms with Crippen molar-refractivity contribution in [3.05, 3.63) is 40.6 Å². The number of nitrogen functional groups attached to an aromatic ring is 1. The van der Waals surface area contributed by atoms with Gasteiger partial charge in [0, 0.05) is 24.3 Å². The van der Waals surface area contributed by atoms with E-state index in [1.54, 1.807) is 0 Å². The number of benzene rings is 1. The van der Waals surface area contributed by atoms with Gasteiger partial charge in [-0.05, 0) is 36.5 Å². The Morgan fingerprint density at radius 3 is 2.89 bits per heavy atom. The molecule has 0 saturated heterocycles. The summed E-state index contributed by atoms with van der Waals surface area (Å²) in [6, 6.07) is 6.16. The number of sulfonamides is 1. The molecule has 0 spiro atoms. The van der Waals surface area contributed by atoms with Crippen molar-refractivity contribution >= 4 is 27.4 Å². The van der Waals surface area contributed by atoms with Crippen molar-refractivity contribution in [2.45, 2.75) is 38.6 Å². The number of hydrogen-bond acceptors (Lipinski definition) is 6. The normalized spacial score (nSPS) is 19.6. The van der Waals surface area contributed by atoms with Gasteiger partial charge in [0.25, 0.3) is 5.91 Å². The van der Waals surface area contributed by atoms with Crippen LogP contribution in [0.4, 0.5) is 11.5 Å². The number of nitrogens with two attached hydrogens (primary N) is 1. The first-order valence-electron chi connectivity index (χ1n) is 9.52. The average molecular weight is 404 g/mol. The molecular weight excluding hydrogens is 378 g/mol. The Kier molecular flexibility index (Phi) is 4.67. The molecule has 4 rings (SSSR count). The summed E-state index contributed by atoms with van der Waals surface area (Å²) in [6.45, 7) is 3.26. The van der Waals surface area contributed by atoms with E-state index in [4.69, 9.17) is 5.73 Å². The summed E-state index contributed by atoms with van der Waals surface area (Å²) >= 11 is 0. The van der Waals surface area contributed by atoms with Gasteiger partial charge in [0.05, 0.1) is 24.4 Å². The van der Waals surface area contributed by atoms with Crippen molar-refractivity contribution in [2.75, 3.05) is 30.4 Å². The largest absolute Gasteiger partial charge is 0.385 e. The standard InChI is InChI=1S/C19H25N5O3S/c1-3-12-4-5-16-15(10-12)13(6-8-21-16)19(25)24-17-11-23(28(2,26)27)9-7-14(17)18(20)22-24/h4-5,10,13,21H,3,6-9,11H2,1-2H3,(H2,20,22). The van der Waals surface area contributed by atoms with Crippen LogP contribution >= 0.6 is 0 Å². The van der Waals surface area contributed by atoms with Crippen molar-refractivity contribution in [3.63, 3.8) is 0 Å². The molecule has 1 aromatic heterocycles. The van der Waals surface area contributed by atoms with Crippen LogP contribution in [0.2, 0.25) is 0 Å². The van der Waals surface area contributed by atoms with Gasteiger partial charge in [-0.25, -0.2) is 13.1 Å². The average Bonchev–Trinajstić information content (AvgIpc) is 3.02. The van der Waals surface area contributed by atoms with Crippen LogP contribution in [0.3, 0.4) is 0 Å². The summed E-state index contributed by atoms with van der Waals surface area (Å²) in [5, 5.41) is 7.65. The fraction of sp³-hybridized carbons (Fsp3) is 0.474.